The van der Waals surface area contributed by atoms with E-state index in [4.69, 9.17) is 9.47 Å². The van der Waals surface area contributed by atoms with Gasteiger partial charge in [-0.3, -0.25) is 10.1 Å². The predicted molar refractivity (Wildman–Crippen MR) is 127 cm³/mol. The number of ether oxygens (including phenoxy) is 2. The van der Waals surface area contributed by atoms with Gasteiger partial charge >= 0.3 is 0 Å². The number of hydrogen-bond donors (Lipinski definition) is 0. The fraction of sp³-hybridized carbons (Fsp3) is 0.391. The number of non-ortho nitro benzene ring substituents is 1. The molecule has 1 aliphatic heterocycles. The Bertz CT molecular complexity index is 1170. The second-order valence-electron chi connectivity index (χ2n) is 9.14. The summed E-state index contributed by atoms with van der Waals surface area (Å²) in [6.07, 6.45) is 6.45. The van der Waals surface area contributed by atoms with Gasteiger partial charge in [-0.25, -0.2) is 9.97 Å². The third-order valence-electron chi connectivity index (χ3n) is 5.52. The standard InChI is InChI=1S/C23H28N4O4Si/c1-32(2,3)12-11-31-16-26-14-20(17-7-9-30-10-8-17)21-22(24-15-25-23(21)26)18-5-4-6-19(13-18)27(28)29/h4-7,13-15H,8-12,16H2,1-3H3. The van der Waals surface area contributed by atoms with Crippen LogP contribution in [0.4, 0.5) is 5.69 Å². The van der Waals surface area contributed by atoms with Gasteiger partial charge in [0.25, 0.3) is 5.69 Å². The quantitative estimate of drug-likeness (QED) is 0.204. The Hall–Kier alpha value is -2.88. The molecule has 0 N–H and O–H groups in total. The number of nitro benzene ring substituents is 1. The van der Waals surface area contributed by atoms with Crippen molar-refractivity contribution in [1.29, 1.82) is 0 Å². The van der Waals surface area contributed by atoms with Gasteiger partial charge in [-0.15, -0.1) is 0 Å². The number of aromatic nitrogens is 3. The maximum Gasteiger partial charge on any atom is 0.270 e. The lowest BCUT2D eigenvalue weighted by Crippen LogP contribution is -2.22. The van der Waals surface area contributed by atoms with Gasteiger partial charge in [-0.05, 0) is 18.0 Å². The monoisotopic (exact) mass is 452 g/mol. The Morgan fingerprint density at radius 1 is 1.28 bits per heavy atom. The van der Waals surface area contributed by atoms with Gasteiger partial charge in [-0.2, -0.15) is 0 Å². The van der Waals surface area contributed by atoms with Gasteiger partial charge in [0, 0.05) is 44.1 Å². The fourth-order valence-corrected chi connectivity index (χ4v) is 4.52. The first-order valence-corrected chi connectivity index (χ1v) is 14.5. The summed E-state index contributed by atoms with van der Waals surface area (Å²) >= 11 is 0. The fourth-order valence-electron chi connectivity index (χ4n) is 3.76. The van der Waals surface area contributed by atoms with E-state index >= 15 is 0 Å². The topological polar surface area (TPSA) is 92.3 Å². The molecule has 0 fully saturated rings. The van der Waals surface area contributed by atoms with Gasteiger partial charge in [-0.1, -0.05) is 37.8 Å². The molecule has 2 aromatic heterocycles. The minimum Gasteiger partial charge on any atom is -0.377 e. The molecule has 0 aliphatic carbocycles. The summed E-state index contributed by atoms with van der Waals surface area (Å²) in [5, 5.41) is 12.2. The summed E-state index contributed by atoms with van der Waals surface area (Å²) < 4.78 is 13.5. The first-order valence-electron chi connectivity index (χ1n) is 10.8. The molecule has 3 aromatic rings. The van der Waals surface area contributed by atoms with Crippen molar-refractivity contribution in [2.45, 2.75) is 38.8 Å². The van der Waals surface area contributed by atoms with Gasteiger partial charge in [0.2, 0.25) is 0 Å². The van der Waals surface area contributed by atoms with Gasteiger partial charge in [0.1, 0.15) is 18.7 Å². The van der Waals surface area contributed by atoms with Crippen molar-refractivity contribution in [3.05, 3.63) is 58.5 Å². The molecule has 0 atom stereocenters. The number of rotatable bonds is 8. The maximum absolute atomic E-state index is 11.3. The van der Waals surface area contributed by atoms with Crippen LogP contribution in [0.1, 0.15) is 12.0 Å². The number of fused-ring (bicyclic) bond motifs is 1. The highest BCUT2D eigenvalue weighted by Crippen LogP contribution is 2.36. The van der Waals surface area contributed by atoms with E-state index in [0.29, 0.717) is 37.8 Å². The first-order chi connectivity index (χ1) is 15.3. The molecular formula is C23H28N4O4Si. The van der Waals surface area contributed by atoms with Crippen molar-refractivity contribution in [3.63, 3.8) is 0 Å². The number of hydrogen-bond acceptors (Lipinski definition) is 6. The molecule has 0 spiro atoms. The SMILES string of the molecule is C[Si](C)(C)CCOCn1cc(C2=CCOCC2)c2c(-c3cccc([N+](=O)[O-])c3)ncnc21. The zero-order valence-electron chi connectivity index (χ0n) is 18.7. The Morgan fingerprint density at radius 3 is 2.84 bits per heavy atom. The van der Waals surface area contributed by atoms with Crippen LogP contribution in [-0.2, 0) is 16.2 Å². The van der Waals surface area contributed by atoms with Crippen LogP contribution in [-0.4, -0.2) is 47.4 Å². The van der Waals surface area contributed by atoms with Gasteiger partial charge in [0.15, 0.2) is 0 Å². The van der Waals surface area contributed by atoms with Crippen molar-refractivity contribution in [2.24, 2.45) is 0 Å². The van der Waals surface area contributed by atoms with Crippen molar-refractivity contribution in [1.82, 2.24) is 14.5 Å². The second-order valence-corrected chi connectivity index (χ2v) is 14.8. The number of nitro groups is 1. The summed E-state index contributed by atoms with van der Waals surface area (Å²) in [6, 6.07) is 7.67. The smallest absolute Gasteiger partial charge is 0.270 e. The van der Waals surface area contributed by atoms with Crippen LogP contribution < -0.4 is 0 Å². The van der Waals surface area contributed by atoms with Crippen LogP contribution in [0, 0.1) is 10.1 Å². The molecule has 0 saturated heterocycles. The summed E-state index contributed by atoms with van der Waals surface area (Å²) in [5.41, 5.74) is 4.37. The number of benzene rings is 1. The van der Waals surface area contributed by atoms with Crippen LogP contribution >= 0.6 is 0 Å². The molecule has 0 unspecified atom stereocenters. The molecule has 8 nitrogen and oxygen atoms in total. The first kappa shape index (κ1) is 22.3. The summed E-state index contributed by atoms with van der Waals surface area (Å²) in [4.78, 5) is 20.0. The lowest BCUT2D eigenvalue weighted by molar-refractivity contribution is -0.384. The lowest BCUT2D eigenvalue weighted by atomic mass is 9.98. The summed E-state index contributed by atoms with van der Waals surface area (Å²) in [6.45, 7) is 9.32. The molecule has 32 heavy (non-hydrogen) atoms. The van der Waals surface area contributed by atoms with Crippen molar-refractivity contribution in [2.75, 3.05) is 19.8 Å². The van der Waals surface area contributed by atoms with Crippen molar-refractivity contribution >= 4 is 30.4 Å². The third kappa shape index (κ3) is 4.95. The molecule has 4 rings (SSSR count). The normalized spacial score (nSPS) is 14.5. The van der Waals surface area contributed by atoms with E-state index in [1.807, 2.05) is 10.6 Å². The van der Waals surface area contributed by atoms with Gasteiger partial charge in [0.05, 0.1) is 29.2 Å². The summed E-state index contributed by atoms with van der Waals surface area (Å²) in [5.74, 6) is 0. The average molecular weight is 453 g/mol. The van der Waals surface area contributed by atoms with E-state index in [2.05, 4.69) is 41.9 Å². The molecule has 0 amide bonds. The summed E-state index contributed by atoms with van der Waals surface area (Å²) in [7, 11) is -1.18. The molecule has 3 heterocycles. The van der Waals surface area contributed by atoms with Gasteiger partial charge < -0.3 is 14.0 Å². The average Bonchev–Trinajstić information content (AvgIpc) is 3.15. The van der Waals surface area contributed by atoms with Crippen LogP contribution in [0.5, 0.6) is 0 Å². The van der Waals surface area contributed by atoms with E-state index in [1.54, 1.807) is 12.1 Å². The molecular weight excluding hydrogens is 424 g/mol. The Balaban J connectivity index is 1.78. The van der Waals surface area contributed by atoms with Crippen molar-refractivity contribution < 1.29 is 14.4 Å². The highest BCUT2D eigenvalue weighted by atomic mass is 28.3. The van der Waals surface area contributed by atoms with Crippen LogP contribution in [0.15, 0.2) is 42.9 Å². The molecule has 1 aromatic carbocycles. The van der Waals surface area contributed by atoms with Crippen molar-refractivity contribution in [3.8, 4) is 11.3 Å². The molecule has 168 valence electrons. The highest BCUT2D eigenvalue weighted by Gasteiger charge is 2.21. The Kier molecular flexibility index (Phi) is 6.49. The predicted octanol–water partition coefficient (Wildman–Crippen LogP) is 5.12. The van der Waals surface area contributed by atoms with Crippen LogP contribution in [0.25, 0.3) is 27.9 Å². The minimum absolute atomic E-state index is 0.0372. The zero-order chi connectivity index (χ0) is 22.7. The Labute approximate surface area is 188 Å². The zero-order valence-corrected chi connectivity index (χ0v) is 19.7. The third-order valence-corrected chi connectivity index (χ3v) is 7.22. The largest absolute Gasteiger partial charge is 0.377 e. The van der Waals surface area contributed by atoms with E-state index in [-0.39, 0.29) is 10.6 Å². The van der Waals surface area contributed by atoms with E-state index < -0.39 is 8.07 Å². The molecule has 0 radical (unpaired) electrons. The molecule has 1 aliphatic rings. The van der Waals surface area contributed by atoms with E-state index in [1.165, 1.54) is 18.0 Å². The van der Waals surface area contributed by atoms with Crippen LogP contribution in [0.2, 0.25) is 25.7 Å². The molecule has 9 heteroatoms. The highest BCUT2D eigenvalue weighted by molar-refractivity contribution is 6.76. The van der Waals surface area contributed by atoms with E-state index in [9.17, 15) is 10.1 Å². The number of nitrogens with zero attached hydrogens (tertiary/aromatic N) is 4. The van der Waals surface area contributed by atoms with E-state index in [0.717, 1.165) is 29.1 Å². The molecule has 0 saturated carbocycles. The Morgan fingerprint density at radius 2 is 2.12 bits per heavy atom. The maximum atomic E-state index is 11.3. The molecule has 0 bridgehead atoms. The minimum atomic E-state index is -1.18. The lowest BCUT2D eigenvalue weighted by Gasteiger charge is -2.15. The second kappa shape index (κ2) is 9.31. The van der Waals surface area contributed by atoms with Crippen LogP contribution in [0.3, 0.4) is 0 Å².